The molecule has 0 aliphatic carbocycles. The van der Waals surface area contributed by atoms with Crippen molar-refractivity contribution in [1.82, 2.24) is 10.6 Å². The third-order valence-electron chi connectivity index (χ3n) is 3.58. The van der Waals surface area contributed by atoms with Gasteiger partial charge in [-0.05, 0) is 37.1 Å². The molecular formula is C15H21BrN2O3. The first-order valence-electron chi connectivity index (χ1n) is 6.92. The second-order valence-electron chi connectivity index (χ2n) is 4.88. The molecule has 0 bridgehead atoms. The normalized spacial score (nSPS) is 11.0. The van der Waals surface area contributed by atoms with Gasteiger partial charge in [-0.3, -0.25) is 9.59 Å². The molecule has 0 aliphatic heterocycles. The summed E-state index contributed by atoms with van der Waals surface area (Å²) in [7, 11) is 0. The van der Waals surface area contributed by atoms with Crippen molar-refractivity contribution < 1.29 is 14.7 Å². The molecule has 116 valence electrons. The predicted octanol–water partition coefficient (Wildman–Crippen LogP) is 1.85. The van der Waals surface area contributed by atoms with Crippen LogP contribution in [0.15, 0.2) is 28.7 Å². The van der Waals surface area contributed by atoms with Gasteiger partial charge in [-0.2, -0.15) is 0 Å². The summed E-state index contributed by atoms with van der Waals surface area (Å²) in [5.41, 5.74) is -0.121. The fourth-order valence-corrected chi connectivity index (χ4v) is 2.16. The molecular weight excluding hydrogens is 336 g/mol. The Morgan fingerprint density at radius 2 is 1.76 bits per heavy atom. The Bertz CT molecular complexity index is 476. The van der Waals surface area contributed by atoms with Crippen molar-refractivity contribution in [2.45, 2.75) is 32.2 Å². The van der Waals surface area contributed by atoms with Crippen molar-refractivity contribution in [3.63, 3.8) is 0 Å². The molecule has 1 aromatic rings. The number of carbonyl (C=O) groups is 2. The average Bonchev–Trinajstić information content (AvgIpc) is 2.51. The van der Waals surface area contributed by atoms with Crippen molar-refractivity contribution >= 4 is 27.7 Å². The summed E-state index contributed by atoms with van der Waals surface area (Å²) in [5.74, 6) is -0.613. The highest BCUT2D eigenvalue weighted by Gasteiger charge is 2.27. The minimum Gasteiger partial charge on any atom is -0.394 e. The van der Waals surface area contributed by atoms with Crippen molar-refractivity contribution in [3.05, 3.63) is 34.3 Å². The van der Waals surface area contributed by atoms with Gasteiger partial charge in [0.2, 0.25) is 5.91 Å². The Hall–Kier alpha value is -1.40. The lowest BCUT2D eigenvalue weighted by Crippen LogP contribution is -2.53. The van der Waals surface area contributed by atoms with E-state index in [1.165, 1.54) is 0 Å². The fraction of sp³-hybridized carbons (Fsp3) is 0.467. The molecule has 3 N–H and O–H groups in total. The summed E-state index contributed by atoms with van der Waals surface area (Å²) in [5, 5.41) is 14.7. The van der Waals surface area contributed by atoms with E-state index < -0.39 is 5.54 Å². The minimum atomic E-state index is -0.612. The molecule has 0 unspecified atom stereocenters. The largest absolute Gasteiger partial charge is 0.394 e. The van der Waals surface area contributed by atoms with Crippen LogP contribution in [0.3, 0.4) is 0 Å². The monoisotopic (exact) mass is 356 g/mol. The zero-order valence-electron chi connectivity index (χ0n) is 12.3. The first-order valence-corrected chi connectivity index (χ1v) is 7.71. The highest BCUT2D eigenvalue weighted by atomic mass is 79.9. The Morgan fingerprint density at radius 3 is 2.24 bits per heavy atom. The molecule has 6 heteroatoms. The number of nitrogens with one attached hydrogen (secondary N) is 2. The van der Waals surface area contributed by atoms with Gasteiger partial charge in [0.15, 0.2) is 0 Å². The predicted molar refractivity (Wildman–Crippen MR) is 85.0 cm³/mol. The molecule has 5 nitrogen and oxygen atoms in total. The Labute approximate surface area is 133 Å². The molecule has 0 saturated heterocycles. The summed E-state index contributed by atoms with van der Waals surface area (Å²) in [6.45, 7) is 3.57. The first kappa shape index (κ1) is 17.7. The number of halogens is 1. The maximum atomic E-state index is 11.9. The molecule has 2 amide bonds. The number of carbonyl (C=O) groups excluding carboxylic acids is 2. The highest BCUT2D eigenvalue weighted by molar-refractivity contribution is 9.10. The van der Waals surface area contributed by atoms with E-state index in [0.29, 0.717) is 18.4 Å². The summed E-state index contributed by atoms with van der Waals surface area (Å²) in [4.78, 5) is 23.8. The fourth-order valence-electron chi connectivity index (χ4n) is 1.89. The van der Waals surface area contributed by atoms with Gasteiger partial charge in [0.05, 0.1) is 18.7 Å². The van der Waals surface area contributed by atoms with Crippen LogP contribution in [0.5, 0.6) is 0 Å². The van der Waals surface area contributed by atoms with Crippen LogP contribution in [0.4, 0.5) is 0 Å². The van der Waals surface area contributed by atoms with Gasteiger partial charge in [0.1, 0.15) is 0 Å². The van der Waals surface area contributed by atoms with E-state index in [4.69, 9.17) is 0 Å². The van der Waals surface area contributed by atoms with E-state index in [2.05, 4.69) is 26.6 Å². The van der Waals surface area contributed by atoms with Crippen LogP contribution in [-0.2, 0) is 4.79 Å². The molecule has 1 rings (SSSR count). The van der Waals surface area contributed by atoms with Crippen LogP contribution in [0.2, 0.25) is 0 Å². The maximum Gasteiger partial charge on any atom is 0.251 e. The van der Waals surface area contributed by atoms with Crippen LogP contribution < -0.4 is 10.6 Å². The number of hydrogen-bond donors (Lipinski definition) is 3. The summed E-state index contributed by atoms with van der Waals surface area (Å²) in [6.07, 6.45) is 1.26. The lowest BCUT2D eigenvalue weighted by molar-refractivity contribution is -0.122. The second-order valence-corrected chi connectivity index (χ2v) is 5.80. The number of aliphatic hydroxyl groups is 1. The molecule has 0 fully saturated rings. The molecule has 0 radical (unpaired) electrons. The maximum absolute atomic E-state index is 11.9. The standard InChI is InChI=1S/C15H21BrN2O3/c1-3-15(4-2,10-19)18-13(20)9-17-14(21)11-5-7-12(16)8-6-11/h5-8,19H,3-4,9-10H2,1-2H3,(H,17,21)(H,18,20). The highest BCUT2D eigenvalue weighted by Crippen LogP contribution is 2.13. The molecule has 0 spiro atoms. The van der Waals surface area contributed by atoms with Gasteiger partial charge in [0, 0.05) is 10.0 Å². The molecule has 1 aromatic carbocycles. The van der Waals surface area contributed by atoms with Crippen LogP contribution in [0, 0.1) is 0 Å². The number of rotatable bonds is 7. The van der Waals surface area contributed by atoms with Gasteiger partial charge >= 0.3 is 0 Å². The number of amides is 2. The summed E-state index contributed by atoms with van der Waals surface area (Å²) in [6, 6.07) is 6.88. The van der Waals surface area contributed by atoms with Gasteiger partial charge in [-0.1, -0.05) is 29.8 Å². The lowest BCUT2D eigenvalue weighted by Gasteiger charge is -2.30. The quantitative estimate of drug-likeness (QED) is 0.697. The first-order chi connectivity index (χ1) is 9.96. The molecule has 21 heavy (non-hydrogen) atoms. The van der Waals surface area contributed by atoms with Crippen molar-refractivity contribution in [2.24, 2.45) is 0 Å². The summed E-state index contributed by atoms with van der Waals surface area (Å²) < 4.78 is 0.885. The van der Waals surface area contributed by atoms with E-state index in [0.717, 1.165) is 4.47 Å². The van der Waals surface area contributed by atoms with Gasteiger partial charge < -0.3 is 15.7 Å². The Kier molecular flexibility index (Phi) is 6.84. The van der Waals surface area contributed by atoms with Crippen LogP contribution in [-0.4, -0.2) is 35.6 Å². The van der Waals surface area contributed by atoms with Crippen molar-refractivity contribution in [1.29, 1.82) is 0 Å². The zero-order chi connectivity index (χ0) is 15.9. The summed E-state index contributed by atoms with van der Waals surface area (Å²) >= 11 is 3.29. The van der Waals surface area contributed by atoms with Crippen molar-refractivity contribution in [2.75, 3.05) is 13.2 Å². The van der Waals surface area contributed by atoms with Crippen LogP contribution in [0.1, 0.15) is 37.0 Å². The SMILES string of the molecule is CCC(CC)(CO)NC(=O)CNC(=O)c1ccc(Br)cc1. The third-order valence-corrected chi connectivity index (χ3v) is 4.11. The van der Waals surface area contributed by atoms with E-state index in [1.807, 2.05) is 13.8 Å². The van der Waals surface area contributed by atoms with Crippen LogP contribution >= 0.6 is 15.9 Å². The zero-order valence-corrected chi connectivity index (χ0v) is 13.9. The third kappa shape index (κ3) is 5.13. The van der Waals surface area contributed by atoms with Gasteiger partial charge in [0.25, 0.3) is 5.91 Å². The number of benzene rings is 1. The van der Waals surface area contributed by atoms with E-state index in [-0.39, 0.29) is 25.0 Å². The lowest BCUT2D eigenvalue weighted by atomic mass is 9.94. The Morgan fingerprint density at radius 1 is 1.19 bits per heavy atom. The van der Waals surface area contributed by atoms with Crippen LogP contribution in [0.25, 0.3) is 0 Å². The average molecular weight is 357 g/mol. The van der Waals surface area contributed by atoms with E-state index in [9.17, 15) is 14.7 Å². The number of aliphatic hydroxyl groups excluding tert-OH is 1. The second kappa shape index (κ2) is 8.14. The molecule has 0 aliphatic rings. The Balaban J connectivity index is 2.53. The smallest absolute Gasteiger partial charge is 0.251 e. The molecule has 0 saturated carbocycles. The van der Waals surface area contributed by atoms with Gasteiger partial charge in [-0.15, -0.1) is 0 Å². The number of hydrogen-bond acceptors (Lipinski definition) is 3. The van der Waals surface area contributed by atoms with Gasteiger partial charge in [-0.25, -0.2) is 0 Å². The molecule has 0 atom stereocenters. The topological polar surface area (TPSA) is 78.4 Å². The van der Waals surface area contributed by atoms with E-state index in [1.54, 1.807) is 24.3 Å². The molecule has 0 aromatic heterocycles. The molecule has 0 heterocycles. The minimum absolute atomic E-state index is 0.114. The van der Waals surface area contributed by atoms with E-state index >= 15 is 0 Å². The van der Waals surface area contributed by atoms with Crippen molar-refractivity contribution in [3.8, 4) is 0 Å².